The summed E-state index contributed by atoms with van der Waals surface area (Å²) in [4.78, 5) is 0. The molecule has 0 fully saturated rings. The molecule has 1 aromatic rings. The molecule has 0 heterocycles. The summed E-state index contributed by atoms with van der Waals surface area (Å²) in [6.45, 7) is 2.19. The van der Waals surface area contributed by atoms with Crippen molar-refractivity contribution in [3.8, 4) is 0 Å². The molecule has 0 unspecified atom stereocenters. The van der Waals surface area contributed by atoms with Gasteiger partial charge in [0.1, 0.15) is 0 Å². The molecule has 0 N–H and O–H groups in total. The van der Waals surface area contributed by atoms with Crippen LogP contribution in [0, 0.1) is 6.42 Å². The molecule has 0 nitrogen and oxygen atoms in total. The molecule has 2 rings (SSSR count). The second-order valence-electron chi connectivity index (χ2n) is 2.92. The summed E-state index contributed by atoms with van der Waals surface area (Å²) in [6, 6.07) is 8.49. The third-order valence-corrected chi connectivity index (χ3v) is 2.09. The predicted octanol–water partition coefficient (Wildman–Crippen LogP) is 4.42. The van der Waals surface area contributed by atoms with Crippen molar-refractivity contribution in [3.63, 3.8) is 0 Å². The average molecular weight is 305 g/mol. The number of fused-ring (bicyclic) bond motifs is 1. The monoisotopic (exact) mass is 303 g/mol. The van der Waals surface area contributed by atoms with Crippen LogP contribution in [-0.4, -0.2) is 0 Å². The Morgan fingerprint density at radius 3 is 2.21 bits per heavy atom. The van der Waals surface area contributed by atoms with Crippen LogP contribution in [0.5, 0.6) is 0 Å². The Labute approximate surface area is 104 Å². The Bertz CT molecular complexity index is 321. The van der Waals surface area contributed by atoms with Crippen LogP contribution >= 0.6 is 17.0 Å². The molecule has 0 bridgehead atoms. The minimum atomic E-state index is -0.826. The first-order valence-electron chi connectivity index (χ1n) is 4.42. The molecule has 0 atom stereocenters. The zero-order chi connectivity index (χ0) is 10.4. The van der Waals surface area contributed by atoms with Crippen molar-refractivity contribution in [1.29, 1.82) is 0 Å². The van der Waals surface area contributed by atoms with Gasteiger partial charge in [0, 0.05) is 6.42 Å². The maximum absolute atomic E-state index is 4.93. The number of allylic oxidation sites excluding steroid dienone is 1. The number of rotatable bonds is 1. The van der Waals surface area contributed by atoms with E-state index >= 15 is 0 Å². The topological polar surface area (TPSA) is 0 Å². The van der Waals surface area contributed by atoms with Gasteiger partial charge in [-0.2, -0.15) is 0 Å². The van der Waals surface area contributed by atoms with Crippen molar-refractivity contribution >= 4 is 23.1 Å². The van der Waals surface area contributed by atoms with Crippen LogP contribution in [0.2, 0.25) is 0 Å². The molecular weight excluding hydrogens is 294 g/mol. The SMILES string of the molecule is CCC1=Cc2ccccc2[CH]1.[Cl][Zr][Cl]. The third kappa shape index (κ3) is 3.53. The Kier molecular flexibility index (Phi) is 6.09. The average Bonchev–Trinajstić information content (AvgIpc) is 2.61. The Balaban J connectivity index is 0.000000293. The van der Waals surface area contributed by atoms with Crippen molar-refractivity contribution in [2.24, 2.45) is 0 Å². The summed E-state index contributed by atoms with van der Waals surface area (Å²) in [6.07, 6.45) is 5.65. The second-order valence-corrected chi connectivity index (χ2v) is 6.65. The van der Waals surface area contributed by atoms with Crippen LogP contribution < -0.4 is 0 Å². The van der Waals surface area contributed by atoms with Crippen molar-refractivity contribution < 1.29 is 20.8 Å². The summed E-state index contributed by atoms with van der Waals surface area (Å²) >= 11 is -0.826. The van der Waals surface area contributed by atoms with E-state index < -0.39 is 20.8 Å². The third-order valence-electron chi connectivity index (χ3n) is 2.09. The minimum absolute atomic E-state index is 0.826. The number of hydrogen-bond acceptors (Lipinski definition) is 0. The van der Waals surface area contributed by atoms with Gasteiger partial charge in [-0.15, -0.1) is 0 Å². The Morgan fingerprint density at radius 1 is 1.14 bits per heavy atom. The van der Waals surface area contributed by atoms with Crippen molar-refractivity contribution in [2.45, 2.75) is 13.3 Å². The fraction of sp³-hybridized carbons (Fsp3) is 0.182. The van der Waals surface area contributed by atoms with E-state index in [2.05, 4.69) is 43.7 Å². The second kappa shape index (κ2) is 6.82. The molecule has 0 amide bonds. The van der Waals surface area contributed by atoms with E-state index in [1.54, 1.807) is 0 Å². The number of hydrogen-bond donors (Lipinski definition) is 0. The first-order valence-corrected chi connectivity index (χ1v) is 10.8. The fourth-order valence-corrected chi connectivity index (χ4v) is 1.42. The molecule has 0 aromatic heterocycles. The molecule has 1 aliphatic carbocycles. The van der Waals surface area contributed by atoms with E-state index in [0.29, 0.717) is 0 Å². The van der Waals surface area contributed by atoms with Crippen molar-refractivity contribution in [3.05, 3.63) is 47.4 Å². The normalized spacial score (nSPS) is 12.4. The maximum atomic E-state index is 4.93. The van der Waals surface area contributed by atoms with Gasteiger partial charge in [0.05, 0.1) is 0 Å². The van der Waals surface area contributed by atoms with Crippen LogP contribution in [0.1, 0.15) is 24.5 Å². The molecule has 0 saturated heterocycles. The van der Waals surface area contributed by atoms with Gasteiger partial charge in [0.15, 0.2) is 0 Å². The quantitative estimate of drug-likeness (QED) is 0.720. The molecule has 0 spiro atoms. The van der Waals surface area contributed by atoms with Gasteiger partial charge in [-0.25, -0.2) is 0 Å². The molecule has 14 heavy (non-hydrogen) atoms. The van der Waals surface area contributed by atoms with Crippen molar-refractivity contribution in [2.75, 3.05) is 0 Å². The van der Waals surface area contributed by atoms with E-state index in [4.69, 9.17) is 17.0 Å². The Morgan fingerprint density at radius 2 is 1.71 bits per heavy atom. The van der Waals surface area contributed by atoms with Gasteiger partial charge in [-0.1, -0.05) is 42.8 Å². The zero-order valence-electron chi connectivity index (χ0n) is 7.93. The molecule has 3 heteroatoms. The van der Waals surface area contributed by atoms with Crippen LogP contribution in [0.3, 0.4) is 0 Å². The number of benzene rings is 1. The summed E-state index contributed by atoms with van der Waals surface area (Å²) in [5, 5.41) is 0. The van der Waals surface area contributed by atoms with E-state index in [1.165, 1.54) is 16.7 Å². The van der Waals surface area contributed by atoms with Crippen LogP contribution in [0.4, 0.5) is 0 Å². The molecule has 73 valence electrons. The van der Waals surface area contributed by atoms with Crippen LogP contribution in [0.25, 0.3) is 6.08 Å². The van der Waals surface area contributed by atoms with E-state index in [1.807, 2.05) is 0 Å². The molecule has 1 radical (unpaired) electrons. The van der Waals surface area contributed by atoms with Gasteiger partial charge in [0.2, 0.25) is 0 Å². The molecular formula is C11H11Cl2Zr. The summed E-state index contributed by atoms with van der Waals surface area (Å²) in [7, 11) is 9.87. The van der Waals surface area contributed by atoms with Crippen molar-refractivity contribution in [1.82, 2.24) is 0 Å². The summed E-state index contributed by atoms with van der Waals surface area (Å²) in [5.41, 5.74) is 4.17. The number of halogens is 2. The first-order chi connectivity index (χ1) is 6.81. The van der Waals surface area contributed by atoms with Gasteiger partial charge in [-0.05, 0) is 17.5 Å². The van der Waals surface area contributed by atoms with Crippen LogP contribution in [0.15, 0.2) is 29.8 Å². The predicted molar refractivity (Wildman–Crippen MR) is 59.8 cm³/mol. The van der Waals surface area contributed by atoms with E-state index in [0.717, 1.165) is 6.42 Å². The molecule has 0 saturated carbocycles. The first kappa shape index (κ1) is 12.5. The van der Waals surface area contributed by atoms with Gasteiger partial charge in [0.25, 0.3) is 0 Å². The fourth-order valence-electron chi connectivity index (χ4n) is 1.42. The molecule has 0 aliphatic heterocycles. The van der Waals surface area contributed by atoms with Crippen LogP contribution in [-0.2, 0) is 20.8 Å². The summed E-state index contributed by atoms with van der Waals surface area (Å²) < 4.78 is 0. The Hall–Kier alpha value is 0.423. The summed E-state index contributed by atoms with van der Waals surface area (Å²) in [5.74, 6) is 0. The van der Waals surface area contributed by atoms with Gasteiger partial charge >= 0.3 is 37.9 Å². The van der Waals surface area contributed by atoms with Gasteiger partial charge < -0.3 is 0 Å². The van der Waals surface area contributed by atoms with E-state index in [9.17, 15) is 0 Å². The molecule has 1 aliphatic rings. The molecule has 1 aromatic carbocycles. The van der Waals surface area contributed by atoms with E-state index in [-0.39, 0.29) is 0 Å². The standard InChI is InChI=1S/C11H11.2ClH.Zr/c1-2-9-7-10-5-3-4-6-11(10)8-9;;;/h3-8H,2H2,1H3;2*1H;/q;;;+2/p-2. The van der Waals surface area contributed by atoms with Gasteiger partial charge in [-0.3, -0.25) is 0 Å². The zero-order valence-corrected chi connectivity index (χ0v) is 11.9.